The average Bonchev–Trinajstić information content (AvgIpc) is 3.41. The maximum absolute atomic E-state index is 13.8. The largest absolute Gasteiger partial charge is 0.493 e. The Morgan fingerprint density at radius 1 is 1.10 bits per heavy atom. The standard InChI is InChI=1S/C32H35BrN6O3/c1-18-9-8-10-25(19(18)2)35-30(40)27-20(3)34-31-36-37-38-39(31)28(27)22-15-24(33)29(26(16-22)41-7)42-17-21-11-13-23(14-12-21)32(4,5)6/h8-16,28H,17H2,1-7H3,(H,35,40)(H,34,36,38). The van der Waals surface area contributed by atoms with Crippen molar-refractivity contribution in [3.63, 3.8) is 0 Å². The molecule has 4 aromatic rings. The van der Waals surface area contributed by atoms with E-state index in [0.717, 1.165) is 27.9 Å². The zero-order chi connectivity index (χ0) is 30.2. The quantitative estimate of drug-likeness (QED) is 0.230. The highest BCUT2D eigenvalue weighted by Crippen LogP contribution is 2.43. The van der Waals surface area contributed by atoms with Crippen LogP contribution in [0.1, 0.15) is 61.6 Å². The molecule has 218 valence electrons. The Kier molecular flexibility index (Phi) is 8.10. The second kappa shape index (κ2) is 11.6. The third kappa shape index (κ3) is 5.76. The molecule has 0 bridgehead atoms. The first-order valence-corrected chi connectivity index (χ1v) is 14.5. The fourth-order valence-electron chi connectivity index (χ4n) is 4.98. The first-order chi connectivity index (χ1) is 20.0. The van der Waals surface area contributed by atoms with Crippen molar-refractivity contribution in [2.45, 2.75) is 59.6 Å². The normalized spacial score (nSPS) is 14.7. The van der Waals surface area contributed by atoms with Crippen molar-refractivity contribution in [2.75, 3.05) is 17.7 Å². The van der Waals surface area contributed by atoms with E-state index in [0.29, 0.717) is 39.8 Å². The van der Waals surface area contributed by atoms with E-state index in [9.17, 15) is 4.79 Å². The number of hydrogen-bond donors (Lipinski definition) is 2. The molecule has 0 saturated heterocycles. The van der Waals surface area contributed by atoms with E-state index >= 15 is 0 Å². The molecule has 10 heteroatoms. The fraction of sp³-hybridized carbons (Fsp3) is 0.312. The summed E-state index contributed by atoms with van der Waals surface area (Å²) in [4.78, 5) is 13.8. The van der Waals surface area contributed by atoms with E-state index in [4.69, 9.17) is 9.47 Å². The Balaban J connectivity index is 1.48. The topological polar surface area (TPSA) is 103 Å². The molecule has 1 atom stereocenters. The van der Waals surface area contributed by atoms with Crippen LogP contribution in [0.2, 0.25) is 0 Å². The van der Waals surface area contributed by atoms with Crippen molar-refractivity contribution in [2.24, 2.45) is 0 Å². The minimum atomic E-state index is -0.620. The van der Waals surface area contributed by atoms with Crippen LogP contribution >= 0.6 is 15.9 Å². The number of fused-ring (bicyclic) bond motifs is 1. The first-order valence-electron chi connectivity index (χ1n) is 13.7. The maximum Gasteiger partial charge on any atom is 0.255 e. The number of hydrogen-bond acceptors (Lipinski definition) is 7. The number of allylic oxidation sites excluding steroid dienone is 1. The second-order valence-corrected chi connectivity index (χ2v) is 12.3. The van der Waals surface area contributed by atoms with E-state index in [1.54, 1.807) is 11.8 Å². The number of amides is 1. The number of nitrogens with one attached hydrogen (secondary N) is 2. The van der Waals surface area contributed by atoms with E-state index in [1.807, 2.05) is 51.1 Å². The van der Waals surface area contributed by atoms with Gasteiger partial charge >= 0.3 is 0 Å². The van der Waals surface area contributed by atoms with Gasteiger partial charge in [-0.05, 0) is 98.6 Å². The third-order valence-electron chi connectivity index (χ3n) is 7.58. The summed E-state index contributed by atoms with van der Waals surface area (Å²) in [5.74, 6) is 1.27. The molecule has 0 spiro atoms. The molecular weight excluding hydrogens is 596 g/mol. The van der Waals surface area contributed by atoms with Crippen LogP contribution in [0.3, 0.4) is 0 Å². The Morgan fingerprint density at radius 2 is 1.83 bits per heavy atom. The highest BCUT2D eigenvalue weighted by atomic mass is 79.9. The van der Waals surface area contributed by atoms with Gasteiger partial charge in [-0.1, -0.05) is 62.3 Å². The number of anilines is 2. The van der Waals surface area contributed by atoms with Gasteiger partial charge in [-0.3, -0.25) is 4.79 Å². The number of rotatable bonds is 7. The molecule has 1 unspecified atom stereocenters. The summed E-state index contributed by atoms with van der Waals surface area (Å²) in [5, 5.41) is 18.4. The van der Waals surface area contributed by atoms with Gasteiger partial charge in [0.05, 0.1) is 17.2 Å². The Hall–Kier alpha value is -4.18. The van der Waals surface area contributed by atoms with Crippen LogP contribution < -0.4 is 20.1 Å². The van der Waals surface area contributed by atoms with Crippen molar-refractivity contribution >= 4 is 33.5 Å². The van der Waals surface area contributed by atoms with Crippen LogP contribution in [0.15, 0.2) is 70.3 Å². The average molecular weight is 632 g/mol. The number of benzene rings is 3. The van der Waals surface area contributed by atoms with Gasteiger partial charge in [0.1, 0.15) is 12.6 Å². The summed E-state index contributed by atoms with van der Waals surface area (Å²) in [5.41, 5.74) is 7.12. The molecule has 0 fully saturated rings. The summed E-state index contributed by atoms with van der Waals surface area (Å²) in [7, 11) is 1.59. The van der Waals surface area contributed by atoms with Crippen LogP contribution in [-0.4, -0.2) is 33.2 Å². The number of tetrazole rings is 1. The molecule has 9 nitrogen and oxygen atoms in total. The van der Waals surface area contributed by atoms with Gasteiger partial charge in [-0.2, -0.15) is 4.68 Å². The van der Waals surface area contributed by atoms with Crippen molar-refractivity contribution in [1.29, 1.82) is 0 Å². The molecule has 2 heterocycles. The van der Waals surface area contributed by atoms with Gasteiger partial charge in [0.2, 0.25) is 5.95 Å². The highest BCUT2D eigenvalue weighted by molar-refractivity contribution is 9.10. The number of aromatic nitrogens is 4. The lowest BCUT2D eigenvalue weighted by Gasteiger charge is -2.29. The van der Waals surface area contributed by atoms with Crippen LogP contribution in [0.5, 0.6) is 11.5 Å². The van der Waals surface area contributed by atoms with Crippen LogP contribution in [0, 0.1) is 13.8 Å². The second-order valence-electron chi connectivity index (χ2n) is 11.5. The molecule has 5 rings (SSSR count). The third-order valence-corrected chi connectivity index (χ3v) is 8.17. The van der Waals surface area contributed by atoms with Crippen molar-refractivity contribution < 1.29 is 14.3 Å². The molecule has 0 aliphatic carbocycles. The van der Waals surface area contributed by atoms with E-state index in [2.05, 4.69) is 87.1 Å². The molecule has 0 radical (unpaired) electrons. The van der Waals surface area contributed by atoms with E-state index in [1.165, 1.54) is 5.56 Å². The van der Waals surface area contributed by atoms with E-state index in [-0.39, 0.29) is 11.3 Å². The number of ether oxygens (including phenoxy) is 2. The summed E-state index contributed by atoms with van der Waals surface area (Å²) >= 11 is 3.69. The lowest BCUT2D eigenvalue weighted by atomic mass is 9.87. The molecule has 3 aromatic carbocycles. The molecule has 1 amide bonds. The van der Waals surface area contributed by atoms with Gasteiger partial charge in [0, 0.05) is 11.4 Å². The monoisotopic (exact) mass is 630 g/mol. The van der Waals surface area contributed by atoms with Crippen molar-refractivity contribution in [3.8, 4) is 11.5 Å². The summed E-state index contributed by atoms with van der Waals surface area (Å²) in [6.45, 7) is 12.8. The highest BCUT2D eigenvalue weighted by Gasteiger charge is 2.35. The molecule has 1 aliphatic heterocycles. The molecular formula is C32H35BrN6O3. The Bertz CT molecular complexity index is 1670. The smallest absolute Gasteiger partial charge is 0.255 e. The zero-order valence-corrected chi connectivity index (χ0v) is 26.5. The number of nitrogens with zero attached hydrogens (tertiary/aromatic N) is 4. The van der Waals surface area contributed by atoms with Gasteiger partial charge in [0.15, 0.2) is 11.5 Å². The summed E-state index contributed by atoms with van der Waals surface area (Å²) in [6.07, 6.45) is 0. The predicted molar refractivity (Wildman–Crippen MR) is 167 cm³/mol. The number of aryl methyl sites for hydroxylation is 1. The minimum Gasteiger partial charge on any atom is -0.493 e. The lowest BCUT2D eigenvalue weighted by Crippen LogP contribution is -2.31. The SMILES string of the molecule is COc1cc(C2C(C(=O)Nc3cccc(C)c3C)=C(C)Nc3nnnn32)cc(Br)c1OCc1ccc(C(C)(C)C)cc1. The van der Waals surface area contributed by atoms with Gasteiger partial charge in [0.25, 0.3) is 5.91 Å². The maximum atomic E-state index is 13.8. The summed E-state index contributed by atoms with van der Waals surface area (Å²) in [6, 6.07) is 17.4. The molecule has 0 saturated carbocycles. The minimum absolute atomic E-state index is 0.0804. The number of carbonyl (C=O) groups excluding carboxylic acids is 1. The van der Waals surface area contributed by atoms with Crippen molar-refractivity contribution in [3.05, 3.63) is 98.2 Å². The first kappa shape index (κ1) is 29.3. The molecule has 2 N–H and O–H groups in total. The van der Waals surface area contributed by atoms with Gasteiger partial charge < -0.3 is 20.1 Å². The molecule has 1 aromatic heterocycles. The van der Waals surface area contributed by atoms with Crippen LogP contribution in [0.4, 0.5) is 11.6 Å². The zero-order valence-electron chi connectivity index (χ0n) is 24.9. The van der Waals surface area contributed by atoms with Crippen LogP contribution in [0.25, 0.3) is 0 Å². The number of carbonyl (C=O) groups is 1. The van der Waals surface area contributed by atoms with Crippen molar-refractivity contribution in [1.82, 2.24) is 20.2 Å². The van der Waals surface area contributed by atoms with Crippen LogP contribution in [-0.2, 0) is 16.8 Å². The van der Waals surface area contributed by atoms with Gasteiger partial charge in [-0.15, -0.1) is 0 Å². The number of halogens is 1. The lowest BCUT2D eigenvalue weighted by molar-refractivity contribution is -0.113. The van der Waals surface area contributed by atoms with E-state index < -0.39 is 6.04 Å². The molecule has 42 heavy (non-hydrogen) atoms. The fourth-order valence-corrected chi connectivity index (χ4v) is 5.56. The summed E-state index contributed by atoms with van der Waals surface area (Å²) < 4.78 is 14.3. The van der Waals surface area contributed by atoms with Gasteiger partial charge in [-0.25, -0.2) is 0 Å². The Labute approximate surface area is 254 Å². The number of methoxy groups -OCH3 is 1. The predicted octanol–water partition coefficient (Wildman–Crippen LogP) is 6.87. The Morgan fingerprint density at radius 3 is 2.52 bits per heavy atom. The molecule has 1 aliphatic rings.